The van der Waals surface area contributed by atoms with Crippen molar-refractivity contribution in [1.82, 2.24) is 5.32 Å². The number of nitrogens with one attached hydrogen (secondary N) is 1. The van der Waals surface area contributed by atoms with Crippen LogP contribution in [0.15, 0.2) is 24.3 Å². The minimum atomic E-state index is -0.0961. The molecule has 1 amide bonds. The lowest BCUT2D eigenvalue weighted by Crippen LogP contribution is -2.44. The van der Waals surface area contributed by atoms with Crippen LogP contribution in [-0.4, -0.2) is 12.5 Å². The Morgan fingerprint density at radius 2 is 1.94 bits per heavy atom. The molecule has 1 aromatic carbocycles. The standard InChI is InChI=1S/C14H20N2O.ClH/c1-14(8-2-9-14)13(17)16-10-7-11-3-5-12(15)6-4-11;/h3-6H,2,7-10,15H2,1H3,(H,16,17);1H. The van der Waals surface area contributed by atoms with Crippen LogP contribution in [0.1, 0.15) is 31.7 Å². The van der Waals surface area contributed by atoms with E-state index in [1.165, 1.54) is 12.0 Å². The zero-order chi connectivity index (χ0) is 12.3. The molecule has 0 saturated heterocycles. The van der Waals surface area contributed by atoms with E-state index in [0.717, 1.165) is 24.9 Å². The summed E-state index contributed by atoms with van der Waals surface area (Å²) in [5.74, 6) is 0.208. The summed E-state index contributed by atoms with van der Waals surface area (Å²) in [6.45, 7) is 2.76. The molecule has 1 aliphatic rings. The SMILES string of the molecule is CC1(C(=O)NCCc2ccc(N)cc2)CCC1.Cl. The Morgan fingerprint density at radius 1 is 1.33 bits per heavy atom. The molecule has 1 saturated carbocycles. The number of anilines is 1. The Hall–Kier alpha value is -1.22. The van der Waals surface area contributed by atoms with Crippen LogP contribution in [0, 0.1) is 5.41 Å². The molecule has 0 aliphatic heterocycles. The Kier molecular flexibility index (Phi) is 5.03. The molecule has 0 aromatic heterocycles. The molecular weight excluding hydrogens is 248 g/mol. The fourth-order valence-electron chi connectivity index (χ4n) is 2.15. The van der Waals surface area contributed by atoms with Gasteiger partial charge in [-0.1, -0.05) is 25.5 Å². The predicted octanol–water partition coefficient (Wildman–Crippen LogP) is 2.54. The quantitative estimate of drug-likeness (QED) is 0.825. The van der Waals surface area contributed by atoms with Gasteiger partial charge in [0.1, 0.15) is 0 Å². The van der Waals surface area contributed by atoms with Gasteiger partial charge >= 0.3 is 0 Å². The number of halogens is 1. The topological polar surface area (TPSA) is 55.1 Å². The van der Waals surface area contributed by atoms with Crippen LogP contribution in [0.3, 0.4) is 0 Å². The molecule has 0 atom stereocenters. The fourth-order valence-corrected chi connectivity index (χ4v) is 2.15. The van der Waals surface area contributed by atoms with Crippen molar-refractivity contribution in [3.05, 3.63) is 29.8 Å². The van der Waals surface area contributed by atoms with Crippen molar-refractivity contribution in [3.63, 3.8) is 0 Å². The molecule has 4 heteroatoms. The first kappa shape index (κ1) is 14.8. The van der Waals surface area contributed by atoms with Gasteiger partial charge in [-0.05, 0) is 37.0 Å². The van der Waals surface area contributed by atoms with Crippen LogP contribution in [-0.2, 0) is 11.2 Å². The van der Waals surface area contributed by atoms with Crippen molar-refractivity contribution >= 4 is 24.0 Å². The van der Waals surface area contributed by atoms with Crippen LogP contribution < -0.4 is 11.1 Å². The number of hydrogen-bond acceptors (Lipinski definition) is 2. The second-order valence-corrected chi connectivity index (χ2v) is 5.16. The minimum Gasteiger partial charge on any atom is -0.399 e. The van der Waals surface area contributed by atoms with Crippen molar-refractivity contribution in [1.29, 1.82) is 0 Å². The third kappa shape index (κ3) is 3.39. The third-order valence-corrected chi connectivity index (χ3v) is 3.68. The summed E-state index contributed by atoms with van der Waals surface area (Å²) in [6, 6.07) is 7.80. The Balaban J connectivity index is 0.00000162. The summed E-state index contributed by atoms with van der Waals surface area (Å²) in [5, 5.41) is 3.02. The van der Waals surface area contributed by atoms with E-state index in [4.69, 9.17) is 5.73 Å². The second-order valence-electron chi connectivity index (χ2n) is 5.16. The van der Waals surface area contributed by atoms with E-state index in [2.05, 4.69) is 12.2 Å². The lowest BCUT2D eigenvalue weighted by molar-refractivity contribution is -0.134. The molecule has 3 nitrogen and oxygen atoms in total. The Labute approximate surface area is 115 Å². The molecule has 100 valence electrons. The maximum Gasteiger partial charge on any atom is 0.225 e. The van der Waals surface area contributed by atoms with Gasteiger partial charge in [0, 0.05) is 17.6 Å². The number of carbonyl (C=O) groups excluding carboxylic acids is 1. The van der Waals surface area contributed by atoms with Crippen LogP contribution in [0.2, 0.25) is 0 Å². The highest BCUT2D eigenvalue weighted by atomic mass is 35.5. The molecule has 3 N–H and O–H groups in total. The van der Waals surface area contributed by atoms with Gasteiger partial charge < -0.3 is 11.1 Å². The van der Waals surface area contributed by atoms with Gasteiger partial charge in [0.15, 0.2) is 0 Å². The molecule has 0 unspecified atom stereocenters. The molecule has 0 bridgehead atoms. The first-order chi connectivity index (χ1) is 8.10. The fraction of sp³-hybridized carbons (Fsp3) is 0.500. The number of benzene rings is 1. The lowest BCUT2D eigenvalue weighted by atomic mass is 9.70. The monoisotopic (exact) mass is 268 g/mol. The smallest absolute Gasteiger partial charge is 0.225 e. The first-order valence-corrected chi connectivity index (χ1v) is 6.23. The summed E-state index contributed by atoms with van der Waals surface area (Å²) < 4.78 is 0. The van der Waals surface area contributed by atoms with E-state index >= 15 is 0 Å². The zero-order valence-corrected chi connectivity index (χ0v) is 11.6. The Bertz CT molecular complexity index is 399. The summed E-state index contributed by atoms with van der Waals surface area (Å²) in [5.41, 5.74) is 7.50. The molecule has 18 heavy (non-hydrogen) atoms. The average molecular weight is 269 g/mol. The number of nitrogen functional groups attached to an aromatic ring is 1. The summed E-state index contributed by atoms with van der Waals surface area (Å²) >= 11 is 0. The summed E-state index contributed by atoms with van der Waals surface area (Å²) in [4.78, 5) is 11.9. The highest BCUT2D eigenvalue weighted by Gasteiger charge is 2.38. The number of nitrogens with two attached hydrogens (primary N) is 1. The average Bonchev–Trinajstić information content (AvgIpc) is 2.28. The van der Waals surface area contributed by atoms with Crippen molar-refractivity contribution in [2.24, 2.45) is 5.41 Å². The zero-order valence-electron chi connectivity index (χ0n) is 10.7. The number of carbonyl (C=O) groups is 1. The van der Waals surface area contributed by atoms with Crippen molar-refractivity contribution < 1.29 is 4.79 Å². The van der Waals surface area contributed by atoms with Gasteiger partial charge in [0.25, 0.3) is 0 Å². The first-order valence-electron chi connectivity index (χ1n) is 6.23. The molecular formula is C14H21ClN2O. The largest absolute Gasteiger partial charge is 0.399 e. The van der Waals surface area contributed by atoms with Crippen LogP contribution in [0.4, 0.5) is 5.69 Å². The number of amides is 1. The Morgan fingerprint density at radius 3 is 2.44 bits per heavy atom. The van der Waals surface area contributed by atoms with E-state index in [1.807, 2.05) is 24.3 Å². The molecule has 1 aliphatic carbocycles. The van der Waals surface area contributed by atoms with Gasteiger partial charge in [-0.25, -0.2) is 0 Å². The molecule has 0 spiro atoms. The highest BCUT2D eigenvalue weighted by molar-refractivity contribution is 5.85. The molecule has 2 rings (SSSR count). The predicted molar refractivity (Wildman–Crippen MR) is 76.8 cm³/mol. The maximum atomic E-state index is 11.9. The minimum absolute atomic E-state index is 0. The lowest BCUT2D eigenvalue weighted by Gasteiger charge is -2.36. The van der Waals surface area contributed by atoms with Gasteiger partial charge in [0.2, 0.25) is 5.91 Å². The second kappa shape index (κ2) is 6.10. The molecule has 1 fully saturated rings. The van der Waals surface area contributed by atoms with Gasteiger partial charge in [-0.15, -0.1) is 12.4 Å². The number of hydrogen-bond donors (Lipinski definition) is 2. The van der Waals surface area contributed by atoms with E-state index < -0.39 is 0 Å². The third-order valence-electron chi connectivity index (χ3n) is 3.68. The van der Waals surface area contributed by atoms with Gasteiger partial charge in [-0.2, -0.15) is 0 Å². The molecule has 0 radical (unpaired) electrons. The van der Waals surface area contributed by atoms with Crippen LogP contribution in [0.25, 0.3) is 0 Å². The van der Waals surface area contributed by atoms with Gasteiger partial charge in [-0.3, -0.25) is 4.79 Å². The van der Waals surface area contributed by atoms with Gasteiger partial charge in [0.05, 0.1) is 0 Å². The van der Waals surface area contributed by atoms with E-state index in [9.17, 15) is 4.79 Å². The summed E-state index contributed by atoms with van der Waals surface area (Å²) in [6.07, 6.45) is 4.10. The van der Waals surface area contributed by atoms with Crippen LogP contribution >= 0.6 is 12.4 Å². The van der Waals surface area contributed by atoms with E-state index in [-0.39, 0.29) is 23.7 Å². The maximum absolute atomic E-state index is 11.9. The van der Waals surface area contributed by atoms with Crippen molar-refractivity contribution in [2.45, 2.75) is 32.6 Å². The molecule has 0 heterocycles. The number of rotatable bonds is 4. The van der Waals surface area contributed by atoms with Crippen molar-refractivity contribution in [2.75, 3.05) is 12.3 Å². The van der Waals surface area contributed by atoms with Crippen molar-refractivity contribution in [3.8, 4) is 0 Å². The normalized spacial score (nSPS) is 16.3. The van der Waals surface area contributed by atoms with E-state index in [0.29, 0.717) is 6.54 Å². The van der Waals surface area contributed by atoms with E-state index in [1.54, 1.807) is 0 Å². The molecule has 1 aromatic rings. The summed E-state index contributed by atoms with van der Waals surface area (Å²) in [7, 11) is 0. The highest BCUT2D eigenvalue weighted by Crippen LogP contribution is 2.40. The van der Waals surface area contributed by atoms with Crippen LogP contribution in [0.5, 0.6) is 0 Å².